The van der Waals surface area contributed by atoms with E-state index in [4.69, 9.17) is 10.6 Å². The van der Waals surface area contributed by atoms with Crippen LogP contribution in [0.2, 0.25) is 0 Å². The molecule has 0 aliphatic carbocycles. The Balaban J connectivity index is 2.39. The highest BCUT2D eigenvalue weighted by Crippen LogP contribution is 2.18. The van der Waals surface area contributed by atoms with Gasteiger partial charge in [-0.25, -0.2) is 0 Å². The maximum absolute atomic E-state index is 5.49. The summed E-state index contributed by atoms with van der Waals surface area (Å²) in [5, 5.41) is 0. The Morgan fingerprint density at radius 3 is 3.15 bits per heavy atom. The first kappa shape index (κ1) is 10.9. The molecule has 0 saturated carbocycles. The van der Waals surface area contributed by atoms with Crippen LogP contribution in [0, 0.1) is 0 Å². The maximum atomic E-state index is 5.49. The summed E-state index contributed by atoms with van der Waals surface area (Å²) in [7, 11) is 0. The summed E-state index contributed by atoms with van der Waals surface area (Å²) in [5.74, 6) is 6.62. The van der Waals surface area contributed by atoms with Crippen molar-refractivity contribution in [2.75, 3.05) is 18.6 Å². The minimum Gasteiger partial charge on any atom is -0.501 e. The lowest BCUT2D eigenvalue weighted by atomic mass is 10.0. The van der Waals surface area contributed by atoms with Gasteiger partial charge < -0.3 is 4.74 Å². The van der Waals surface area contributed by atoms with Crippen molar-refractivity contribution in [1.82, 2.24) is 5.43 Å². The van der Waals surface area contributed by atoms with Crippen LogP contribution < -0.4 is 11.3 Å². The molecule has 0 radical (unpaired) electrons. The number of hydrogen-bond acceptors (Lipinski definition) is 4. The Bertz CT molecular complexity index is 173. The quantitative estimate of drug-likeness (QED) is 0.520. The molecular formula is C9H18N2OS. The molecule has 1 rings (SSSR count). The van der Waals surface area contributed by atoms with Crippen LogP contribution in [0.3, 0.4) is 0 Å². The molecule has 3 N–H and O–H groups in total. The molecule has 0 aromatic carbocycles. The fourth-order valence-electron chi connectivity index (χ4n) is 1.45. The van der Waals surface area contributed by atoms with Gasteiger partial charge in [0.15, 0.2) is 0 Å². The van der Waals surface area contributed by atoms with Crippen molar-refractivity contribution in [3.8, 4) is 0 Å². The molecule has 1 unspecified atom stereocenters. The number of ether oxygens (including phenoxy) is 1. The molecule has 0 aromatic rings. The predicted octanol–water partition coefficient (Wildman–Crippen LogP) is 1.27. The fourth-order valence-corrected chi connectivity index (χ4v) is 1.92. The van der Waals surface area contributed by atoms with Gasteiger partial charge in [0.25, 0.3) is 0 Å². The summed E-state index contributed by atoms with van der Waals surface area (Å²) in [6, 6.07) is 0.299. The van der Waals surface area contributed by atoms with Crippen molar-refractivity contribution in [1.29, 1.82) is 0 Å². The molecule has 0 amide bonds. The zero-order valence-corrected chi connectivity index (χ0v) is 8.90. The smallest absolute Gasteiger partial charge is 0.0876 e. The Hall–Kier alpha value is -0.190. The predicted molar refractivity (Wildman–Crippen MR) is 57.4 cm³/mol. The molecule has 3 nitrogen and oxygen atoms in total. The molecule has 1 aliphatic heterocycles. The number of nitrogens with two attached hydrogens (primary N) is 1. The summed E-state index contributed by atoms with van der Waals surface area (Å²) in [4.78, 5) is 0. The van der Waals surface area contributed by atoms with E-state index in [0.717, 1.165) is 31.6 Å². The molecule has 1 atom stereocenters. The van der Waals surface area contributed by atoms with Crippen molar-refractivity contribution in [2.24, 2.45) is 5.84 Å². The summed E-state index contributed by atoms with van der Waals surface area (Å²) < 4.78 is 5.28. The Morgan fingerprint density at radius 2 is 2.62 bits per heavy atom. The summed E-state index contributed by atoms with van der Waals surface area (Å²) >= 11 is 1.85. The number of rotatable bonds is 5. The average molecular weight is 202 g/mol. The van der Waals surface area contributed by atoms with Crippen LogP contribution in [0.25, 0.3) is 0 Å². The monoisotopic (exact) mass is 202 g/mol. The van der Waals surface area contributed by atoms with Crippen LogP contribution >= 0.6 is 11.8 Å². The van der Waals surface area contributed by atoms with E-state index in [1.54, 1.807) is 0 Å². The lowest BCUT2D eigenvalue weighted by molar-refractivity contribution is 0.219. The van der Waals surface area contributed by atoms with E-state index >= 15 is 0 Å². The first-order chi connectivity index (χ1) is 6.38. The lowest BCUT2D eigenvalue weighted by Crippen LogP contribution is -2.37. The normalized spacial score (nSPS) is 19.1. The van der Waals surface area contributed by atoms with Crippen molar-refractivity contribution in [3.63, 3.8) is 0 Å². The van der Waals surface area contributed by atoms with E-state index in [2.05, 4.69) is 11.7 Å². The van der Waals surface area contributed by atoms with Crippen molar-refractivity contribution in [3.05, 3.63) is 11.8 Å². The molecule has 1 heterocycles. The van der Waals surface area contributed by atoms with Crippen molar-refractivity contribution < 1.29 is 4.74 Å². The lowest BCUT2D eigenvalue weighted by Gasteiger charge is -2.22. The zero-order chi connectivity index (χ0) is 9.52. The van der Waals surface area contributed by atoms with Gasteiger partial charge in [-0.3, -0.25) is 11.3 Å². The van der Waals surface area contributed by atoms with E-state index in [1.165, 1.54) is 5.57 Å². The maximum Gasteiger partial charge on any atom is 0.0876 e. The average Bonchev–Trinajstić information content (AvgIpc) is 2.21. The Kier molecular flexibility index (Phi) is 5.27. The standard InChI is InChI=1S/C9H18N2OS/c1-13-6-4-9(11-10)8-3-2-5-12-7-8/h7,9,11H,2-6,10H2,1H3. The molecule has 0 fully saturated rings. The number of thioether (sulfide) groups is 1. The molecule has 1 aliphatic rings. The second-order valence-corrected chi connectivity index (χ2v) is 4.15. The topological polar surface area (TPSA) is 47.3 Å². The SMILES string of the molecule is CSCCC(NN)C1=COCCC1. The highest BCUT2D eigenvalue weighted by Gasteiger charge is 2.14. The largest absolute Gasteiger partial charge is 0.501 e. The van der Waals surface area contributed by atoms with Gasteiger partial charge in [-0.05, 0) is 36.8 Å². The fraction of sp³-hybridized carbons (Fsp3) is 0.778. The van der Waals surface area contributed by atoms with E-state index in [1.807, 2.05) is 18.0 Å². The second-order valence-electron chi connectivity index (χ2n) is 3.17. The second kappa shape index (κ2) is 6.29. The van der Waals surface area contributed by atoms with Gasteiger partial charge in [-0.15, -0.1) is 0 Å². The van der Waals surface area contributed by atoms with Gasteiger partial charge in [0, 0.05) is 6.04 Å². The van der Waals surface area contributed by atoms with Gasteiger partial charge in [-0.1, -0.05) is 0 Å². The minimum atomic E-state index is 0.299. The Labute approximate surface area is 84.1 Å². The first-order valence-electron chi connectivity index (χ1n) is 4.64. The highest BCUT2D eigenvalue weighted by atomic mass is 32.2. The molecule has 0 bridgehead atoms. The number of hydrogen-bond donors (Lipinski definition) is 2. The Morgan fingerprint density at radius 1 is 1.77 bits per heavy atom. The summed E-state index contributed by atoms with van der Waals surface area (Å²) in [6.07, 6.45) is 7.28. The van der Waals surface area contributed by atoms with Crippen LogP contribution in [-0.2, 0) is 4.74 Å². The van der Waals surface area contributed by atoms with Gasteiger partial charge in [0.05, 0.1) is 12.9 Å². The zero-order valence-electron chi connectivity index (χ0n) is 8.08. The van der Waals surface area contributed by atoms with Crippen LogP contribution in [0.4, 0.5) is 0 Å². The molecule has 0 aromatic heterocycles. The van der Waals surface area contributed by atoms with E-state index in [0.29, 0.717) is 6.04 Å². The third-order valence-electron chi connectivity index (χ3n) is 2.22. The van der Waals surface area contributed by atoms with Gasteiger partial charge in [0.2, 0.25) is 0 Å². The van der Waals surface area contributed by atoms with Gasteiger partial charge >= 0.3 is 0 Å². The van der Waals surface area contributed by atoms with Crippen LogP contribution in [0.5, 0.6) is 0 Å². The molecule has 4 heteroatoms. The van der Waals surface area contributed by atoms with E-state index in [9.17, 15) is 0 Å². The molecule has 0 saturated heterocycles. The molecule has 76 valence electrons. The number of hydrazine groups is 1. The first-order valence-corrected chi connectivity index (χ1v) is 6.03. The summed E-state index contributed by atoms with van der Waals surface area (Å²) in [5.41, 5.74) is 4.15. The number of nitrogens with one attached hydrogen (secondary N) is 1. The highest BCUT2D eigenvalue weighted by molar-refractivity contribution is 7.98. The van der Waals surface area contributed by atoms with Crippen LogP contribution in [0.1, 0.15) is 19.3 Å². The van der Waals surface area contributed by atoms with Crippen LogP contribution in [0.15, 0.2) is 11.8 Å². The molecule has 0 spiro atoms. The van der Waals surface area contributed by atoms with E-state index < -0.39 is 0 Å². The summed E-state index contributed by atoms with van der Waals surface area (Å²) in [6.45, 7) is 0.851. The van der Waals surface area contributed by atoms with Gasteiger partial charge in [-0.2, -0.15) is 11.8 Å². The van der Waals surface area contributed by atoms with Gasteiger partial charge in [0.1, 0.15) is 0 Å². The van der Waals surface area contributed by atoms with Crippen molar-refractivity contribution >= 4 is 11.8 Å². The molecular weight excluding hydrogens is 184 g/mol. The molecule has 13 heavy (non-hydrogen) atoms. The van der Waals surface area contributed by atoms with E-state index in [-0.39, 0.29) is 0 Å². The van der Waals surface area contributed by atoms with Crippen LogP contribution in [-0.4, -0.2) is 24.7 Å². The third kappa shape index (κ3) is 3.58. The van der Waals surface area contributed by atoms with Crippen molar-refractivity contribution in [2.45, 2.75) is 25.3 Å². The third-order valence-corrected chi connectivity index (χ3v) is 2.87. The minimum absolute atomic E-state index is 0.299.